The number of nitriles is 1. The molecule has 0 unspecified atom stereocenters. The molecule has 0 spiro atoms. The highest BCUT2D eigenvalue weighted by molar-refractivity contribution is 5.01. The number of hydrogen-bond acceptors (Lipinski definition) is 1. The summed E-state index contributed by atoms with van der Waals surface area (Å²) in [4.78, 5) is 0. The Bertz CT molecular complexity index is 377. The van der Waals surface area contributed by atoms with Gasteiger partial charge in [0.05, 0.1) is 11.5 Å². The summed E-state index contributed by atoms with van der Waals surface area (Å²) in [5.41, 5.74) is 0.0441. The molecule has 0 amide bonds. The van der Waals surface area contributed by atoms with Crippen molar-refractivity contribution in [2.45, 2.75) is 123 Å². The minimum atomic E-state index is 0.0441. The Morgan fingerprint density at radius 3 is 1.80 bits per heavy atom. The zero-order valence-corrected chi connectivity index (χ0v) is 17.2. The summed E-state index contributed by atoms with van der Waals surface area (Å²) >= 11 is 0. The maximum absolute atomic E-state index is 9.74. The van der Waals surface area contributed by atoms with Crippen LogP contribution in [-0.4, -0.2) is 0 Å². The molecule has 0 aromatic heterocycles. The van der Waals surface area contributed by atoms with Crippen LogP contribution in [0, 0.1) is 34.5 Å². The molecule has 1 heteroatoms. The molecule has 2 fully saturated rings. The Kier molecular flexibility index (Phi) is 9.36. The van der Waals surface area contributed by atoms with Gasteiger partial charge in [0.25, 0.3) is 0 Å². The second kappa shape index (κ2) is 11.3. The van der Waals surface area contributed by atoms with E-state index in [0.717, 1.165) is 24.2 Å². The monoisotopic (exact) mass is 345 g/mol. The third kappa shape index (κ3) is 6.96. The van der Waals surface area contributed by atoms with Crippen LogP contribution in [0.4, 0.5) is 0 Å². The van der Waals surface area contributed by atoms with E-state index in [9.17, 15) is 5.26 Å². The molecule has 0 aromatic carbocycles. The van der Waals surface area contributed by atoms with Gasteiger partial charge >= 0.3 is 0 Å². The Morgan fingerprint density at radius 1 is 0.720 bits per heavy atom. The van der Waals surface area contributed by atoms with Gasteiger partial charge in [-0.25, -0.2) is 0 Å². The second-order valence-corrected chi connectivity index (χ2v) is 9.40. The van der Waals surface area contributed by atoms with Crippen LogP contribution < -0.4 is 0 Å². The lowest BCUT2D eigenvalue weighted by molar-refractivity contribution is 0.171. The van der Waals surface area contributed by atoms with Gasteiger partial charge in [-0.05, 0) is 49.9 Å². The Balaban J connectivity index is 1.62. The molecule has 2 saturated carbocycles. The van der Waals surface area contributed by atoms with E-state index in [1.807, 2.05) is 0 Å². The molecule has 2 aliphatic carbocycles. The number of unbranched alkanes of at least 4 members (excludes halogenated alkanes) is 3. The highest BCUT2D eigenvalue weighted by Gasteiger charge is 2.35. The van der Waals surface area contributed by atoms with Gasteiger partial charge in [0.1, 0.15) is 0 Å². The van der Waals surface area contributed by atoms with Gasteiger partial charge in [0, 0.05) is 0 Å². The van der Waals surface area contributed by atoms with E-state index in [0.29, 0.717) is 0 Å². The average Bonchev–Trinajstić information content (AvgIpc) is 2.66. The molecule has 2 aliphatic rings. The fourth-order valence-corrected chi connectivity index (χ4v) is 5.52. The zero-order chi connectivity index (χ0) is 18.0. The standard InChI is InChI=1S/C24H43N/c1-3-5-6-7-17-24(20-25)18-15-23(16-19-24)14-13-22-11-9-21(8-4-2)10-12-22/h21-23H,3-19H2,1-2H3/t21-,22-,23-,24-. The van der Waals surface area contributed by atoms with E-state index in [2.05, 4.69) is 19.9 Å². The summed E-state index contributed by atoms with van der Waals surface area (Å²) in [5, 5.41) is 9.74. The van der Waals surface area contributed by atoms with Crippen molar-refractivity contribution in [1.29, 1.82) is 5.26 Å². The molecule has 0 aromatic rings. The van der Waals surface area contributed by atoms with Gasteiger partial charge in [-0.3, -0.25) is 0 Å². The summed E-state index contributed by atoms with van der Waals surface area (Å²) in [7, 11) is 0. The molecule has 0 atom stereocenters. The first-order valence-electron chi connectivity index (χ1n) is 11.6. The van der Waals surface area contributed by atoms with Gasteiger partial charge in [0.2, 0.25) is 0 Å². The summed E-state index contributed by atoms with van der Waals surface area (Å²) < 4.78 is 0. The van der Waals surface area contributed by atoms with E-state index < -0.39 is 0 Å². The summed E-state index contributed by atoms with van der Waals surface area (Å²) in [6, 6.07) is 2.74. The third-order valence-corrected chi connectivity index (χ3v) is 7.45. The molecule has 1 nitrogen and oxygen atoms in total. The highest BCUT2D eigenvalue weighted by atomic mass is 14.4. The number of hydrogen-bond donors (Lipinski definition) is 0. The van der Waals surface area contributed by atoms with Crippen LogP contribution in [0.3, 0.4) is 0 Å². The number of rotatable bonds is 10. The van der Waals surface area contributed by atoms with Crippen molar-refractivity contribution in [2.75, 3.05) is 0 Å². The van der Waals surface area contributed by atoms with Crippen molar-refractivity contribution in [3.05, 3.63) is 0 Å². The molecule has 0 heterocycles. The van der Waals surface area contributed by atoms with Gasteiger partial charge in [-0.2, -0.15) is 5.26 Å². The van der Waals surface area contributed by atoms with Crippen molar-refractivity contribution in [1.82, 2.24) is 0 Å². The topological polar surface area (TPSA) is 23.8 Å². The quantitative estimate of drug-likeness (QED) is 0.367. The average molecular weight is 346 g/mol. The molecular formula is C24H43N. The van der Waals surface area contributed by atoms with Crippen LogP contribution >= 0.6 is 0 Å². The van der Waals surface area contributed by atoms with E-state index in [-0.39, 0.29) is 5.41 Å². The van der Waals surface area contributed by atoms with Crippen LogP contribution in [0.15, 0.2) is 0 Å². The summed E-state index contributed by atoms with van der Waals surface area (Å²) in [6.07, 6.45) is 23.2. The van der Waals surface area contributed by atoms with Crippen LogP contribution in [0.5, 0.6) is 0 Å². The summed E-state index contributed by atoms with van der Waals surface area (Å²) in [6.45, 7) is 4.60. The molecule has 144 valence electrons. The largest absolute Gasteiger partial charge is 0.198 e. The molecule has 2 rings (SSSR count). The molecule has 25 heavy (non-hydrogen) atoms. The fourth-order valence-electron chi connectivity index (χ4n) is 5.52. The van der Waals surface area contributed by atoms with Crippen molar-refractivity contribution in [2.24, 2.45) is 23.2 Å². The number of nitrogens with zero attached hydrogens (tertiary/aromatic N) is 1. The van der Waals surface area contributed by atoms with Gasteiger partial charge in [0.15, 0.2) is 0 Å². The maximum atomic E-state index is 9.74. The molecule has 0 aliphatic heterocycles. The van der Waals surface area contributed by atoms with E-state index in [4.69, 9.17) is 0 Å². The maximum Gasteiger partial charge on any atom is 0.0689 e. The first kappa shape index (κ1) is 20.8. The van der Waals surface area contributed by atoms with Crippen molar-refractivity contribution in [3.63, 3.8) is 0 Å². The van der Waals surface area contributed by atoms with E-state index in [1.54, 1.807) is 0 Å². The Hall–Kier alpha value is -0.510. The smallest absolute Gasteiger partial charge is 0.0689 e. The van der Waals surface area contributed by atoms with Crippen molar-refractivity contribution >= 4 is 0 Å². The summed E-state index contributed by atoms with van der Waals surface area (Å²) in [5.74, 6) is 2.98. The van der Waals surface area contributed by atoms with E-state index >= 15 is 0 Å². The fraction of sp³-hybridized carbons (Fsp3) is 0.958. The minimum absolute atomic E-state index is 0.0441. The van der Waals surface area contributed by atoms with Gasteiger partial charge in [-0.1, -0.05) is 90.9 Å². The lowest BCUT2D eigenvalue weighted by Gasteiger charge is -2.36. The van der Waals surface area contributed by atoms with Crippen LogP contribution in [0.1, 0.15) is 123 Å². The normalized spacial score (nSPS) is 33.1. The van der Waals surface area contributed by atoms with Crippen molar-refractivity contribution < 1.29 is 0 Å². The zero-order valence-electron chi connectivity index (χ0n) is 17.2. The van der Waals surface area contributed by atoms with Gasteiger partial charge in [-0.15, -0.1) is 0 Å². The Morgan fingerprint density at radius 2 is 1.28 bits per heavy atom. The molecule has 0 bridgehead atoms. The predicted octanol–water partition coefficient (Wildman–Crippen LogP) is 8.04. The van der Waals surface area contributed by atoms with Crippen LogP contribution in [-0.2, 0) is 0 Å². The van der Waals surface area contributed by atoms with Crippen LogP contribution in [0.25, 0.3) is 0 Å². The van der Waals surface area contributed by atoms with Gasteiger partial charge < -0.3 is 0 Å². The third-order valence-electron chi connectivity index (χ3n) is 7.45. The lowest BCUT2D eigenvalue weighted by atomic mass is 9.67. The predicted molar refractivity (Wildman–Crippen MR) is 108 cm³/mol. The Labute approximate surface area is 158 Å². The molecule has 0 saturated heterocycles. The molecular weight excluding hydrogens is 302 g/mol. The highest BCUT2D eigenvalue weighted by Crippen LogP contribution is 2.44. The lowest BCUT2D eigenvalue weighted by Crippen LogP contribution is -2.26. The van der Waals surface area contributed by atoms with Crippen molar-refractivity contribution in [3.8, 4) is 6.07 Å². The van der Waals surface area contributed by atoms with Crippen LogP contribution in [0.2, 0.25) is 0 Å². The first-order chi connectivity index (χ1) is 12.2. The second-order valence-electron chi connectivity index (χ2n) is 9.40. The SMILES string of the molecule is CCCCCC[C@]1(C#N)CC[C@H](CC[C@H]2CC[C@H](CCC)CC2)CC1. The molecule has 0 N–H and O–H groups in total. The minimum Gasteiger partial charge on any atom is -0.198 e. The first-order valence-corrected chi connectivity index (χ1v) is 11.6. The van der Waals surface area contributed by atoms with E-state index in [1.165, 1.54) is 103 Å². The molecule has 0 radical (unpaired) electrons.